The van der Waals surface area contributed by atoms with Crippen LogP contribution in [0.2, 0.25) is 0 Å². The Balaban J connectivity index is 2.10. The lowest BCUT2D eigenvalue weighted by molar-refractivity contribution is 0.393. The Bertz CT molecular complexity index is 807. The number of aromatic amines is 1. The van der Waals surface area contributed by atoms with E-state index in [1.165, 1.54) is 10.1 Å². The van der Waals surface area contributed by atoms with E-state index >= 15 is 0 Å². The fourth-order valence-electron chi connectivity index (χ4n) is 3.61. The van der Waals surface area contributed by atoms with Crippen LogP contribution in [0, 0.1) is 0 Å². The zero-order chi connectivity index (χ0) is 16.4. The average Bonchev–Trinajstić information content (AvgIpc) is 2.56. The van der Waals surface area contributed by atoms with Gasteiger partial charge in [-0.3, -0.25) is 14.3 Å². The Morgan fingerprint density at radius 3 is 2.57 bits per heavy atom. The lowest BCUT2D eigenvalue weighted by atomic mass is 9.78. The second kappa shape index (κ2) is 6.07. The predicted molar refractivity (Wildman–Crippen MR) is 92.0 cm³/mol. The van der Waals surface area contributed by atoms with Gasteiger partial charge in [-0.1, -0.05) is 43.7 Å². The number of benzene rings is 1. The molecule has 0 spiro atoms. The number of hydrogen-bond acceptors (Lipinski definition) is 3. The maximum Gasteiger partial charge on any atom is 0.329 e. The van der Waals surface area contributed by atoms with Crippen LogP contribution in [0.3, 0.4) is 0 Å². The highest BCUT2D eigenvalue weighted by atomic mass is 16.2. The third-order valence-electron chi connectivity index (χ3n) is 4.77. The molecule has 3 rings (SSSR count). The van der Waals surface area contributed by atoms with Crippen molar-refractivity contribution < 1.29 is 0 Å². The van der Waals surface area contributed by atoms with Crippen molar-refractivity contribution in [3.05, 3.63) is 62.3 Å². The molecule has 0 aliphatic carbocycles. The quantitative estimate of drug-likeness (QED) is 0.912. The lowest BCUT2D eigenvalue weighted by Crippen LogP contribution is -2.45. The monoisotopic (exact) mass is 313 g/mol. The van der Waals surface area contributed by atoms with Crippen LogP contribution in [-0.2, 0) is 18.5 Å². The Labute approximate surface area is 135 Å². The summed E-state index contributed by atoms with van der Waals surface area (Å²) in [6.07, 6.45) is 3.50. The van der Waals surface area contributed by atoms with Crippen LogP contribution < -0.4 is 16.6 Å². The summed E-state index contributed by atoms with van der Waals surface area (Å²) in [5, 5.41) is 3.49. The molecule has 2 aromatic rings. The number of nitrogens with zero attached hydrogens (tertiary/aromatic N) is 1. The van der Waals surface area contributed by atoms with Gasteiger partial charge in [0, 0.05) is 6.54 Å². The van der Waals surface area contributed by atoms with Crippen molar-refractivity contribution in [1.29, 1.82) is 0 Å². The van der Waals surface area contributed by atoms with Gasteiger partial charge in [-0.05, 0) is 31.7 Å². The maximum atomic E-state index is 12.5. The van der Waals surface area contributed by atoms with E-state index in [1.807, 2.05) is 25.1 Å². The van der Waals surface area contributed by atoms with Gasteiger partial charge in [0.2, 0.25) is 0 Å². The lowest BCUT2D eigenvalue weighted by Gasteiger charge is -2.40. The van der Waals surface area contributed by atoms with Crippen LogP contribution in [0.5, 0.6) is 0 Å². The first-order valence-electron chi connectivity index (χ1n) is 8.31. The highest BCUT2D eigenvalue weighted by molar-refractivity contribution is 5.50. The van der Waals surface area contributed by atoms with Crippen LogP contribution in [0.4, 0.5) is 5.82 Å². The number of anilines is 1. The number of aromatic nitrogens is 2. The average molecular weight is 313 g/mol. The normalized spacial score (nSPS) is 19.9. The van der Waals surface area contributed by atoms with Gasteiger partial charge < -0.3 is 5.32 Å². The largest absolute Gasteiger partial charge is 0.362 e. The number of hydrogen-bond donors (Lipinski definition) is 2. The molecule has 2 heterocycles. The van der Waals surface area contributed by atoms with Crippen LogP contribution in [-0.4, -0.2) is 9.55 Å². The summed E-state index contributed by atoms with van der Waals surface area (Å²) in [5.74, 6) is 0.591. The van der Waals surface area contributed by atoms with Crippen molar-refractivity contribution in [2.24, 2.45) is 0 Å². The molecule has 1 aromatic heterocycles. The van der Waals surface area contributed by atoms with E-state index in [1.54, 1.807) is 0 Å². The van der Waals surface area contributed by atoms with Crippen molar-refractivity contribution in [3.8, 4) is 0 Å². The maximum absolute atomic E-state index is 12.5. The molecule has 0 radical (unpaired) electrons. The second-order valence-corrected chi connectivity index (χ2v) is 6.16. The van der Waals surface area contributed by atoms with Gasteiger partial charge in [0.05, 0.1) is 11.1 Å². The first-order valence-corrected chi connectivity index (χ1v) is 8.31. The number of fused-ring (bicyclic) bond motifs is 1. The van der Waals surface area contributed by atoms with E-state index < -0.39 is 0 Å². The third-order valence-corrected chi connectivity index (χ3v) is 4.77. The van der Waals surface area contributed by atoms with E-state index in [0.717, 1.165) is 19.3 Å². The topological polar surface area (TPSA) is 66.9 Å². The van der Waals surface area contributed by atoms with Gasteiger partial charge in [-0.15, -0.1) is 0 Å². The summed E-state index contributed by atoms with van der Waals surface area (Å²) < 4.78 is 1.26. The van der Waals surface area contributed by atoms with E-state index in [-0.39, 0.29) is 16.8 Å². The molecule has 0 saturated heterocycles. The van der Waals surface area contributed by atoms with Crippen molar-refractivity contribution in [2.45, 2.75) is 51.6 Å². The number of nitrogens with one attached hydrogen (secondary N) is 2. The molecule has 0 amide bonds. The van der Waals surface area contributed by atoms with Gasteiger partial charge in [-0.25, -0.2) is 4.79 Å². The molecule has 1 aliphatic heterocycles. The zero-order valence-electron chi connectivity index (χ0n) is 13.7. The summed E-state index contributed by atoms with van der Waals surface area (Å²) in [6.45, 7) is 4.35. The van der Waals surface area contributed by atoms with Gasteiger partial charge in [-0.2, -0.15) is 0 Å². The fourth-order valence-corrected chi connectivity index (χ4v) is 3.61. The molecule has 1 aliphatic rings. The fraction of sp³-hybridized carbons (Fsp3) is 0.444. The Morgan fingerprint density at radius 2 is 1.91 bits per heavy atom. The summed E-state index contributed by atoms with van der Waals surface area (Å²) in [5.41, 5.74) is 1.15. The van der Waals surface area contributed by atoms with E-state index in [2.05, 4.69) is 29.4 Å². The highest BCUT2D eigenvalue weighted by Crippen LogP contribution is 2.38. The van der Waals surface area contributed by atoms with Gasteiger partial charge in [0.1, 0.15) is 5.82 Å². The SMILES string of the molecule is CCC[C@]1(c2ccccc2)CCc2c([nH]c(=O)n(CC)c2=O)N1. The smallest absolute Gasteiger partial charge is 0.329 e. The molecule has 23 heavy (non-hydrogen) atoms. The molecular weight excluding hydrogens is 290 g/mol. The zero-order valence-corrected chi connectivity index (χ0v) is 13.7. The van der Waals surface area contributed by atoms with Crippen LogP contribution >= 0.6 is 0 Å². The molecular formula is C18H23N3O2. The minimum Gasteiger partial charge on any atom is -0.362 e. The summed E-state index contributed by atoms with van der Waals surface area (Å²) in [6, 6.07) is 10.3. The minimum atomic E-state index is -0.343. The Hall–Kier alpha value is -2.30. The molecule has 5 heteroatoms. The summed E-state index contributed by atoms with van der Waals surface area (Å²) >= 11 is 0. The van der Waals surface area contributed by atoms with Crippen molar-refractivity contribution >= 4 is 5.82 Å². The standard InChI is InChI=1S/C18H23N3O2/c1-3-11-18(13-8-6-5-7-9-13)12-10-14-15(20-18)19-17(23)21(4-2)16(14)22/h5-9,20H,3-4,10-12H2,1-2H3,(H,19,23)/t18-/m1/s1. The Kier molecular flexibility index (Phi) is 4.11. The first-order chi connectivity index (χ1) is 11.1. The third kappa shape index (κ3) is 2.60. The van der Waals surface area contributed by atoms with Crippen molar-refractivity contribution in [3.63, 3.8) is 0 Å². The van der Waals surface area contributed by atoms with E-state index in [9.17, 15) is 9.59 Å². The number of rotatable bonds is 4. The molecule has 1 atom stereocenters. The van der Waals surface area contributed by atoms with Crippen LogP contribution in [0.15, 0.2) is 39.9 Å². The molecule has 1 aromatic carbocycles. The van der Waals surface area contributed by atoms with E-state index in [0.29, 0.717) is 24.3 Å². The number of H-pyrrole nitrogens is 1. The molecule has 0 unspecified atom stereocenters. The molecule has 122 valence electrons. The van der Waals surface area contributed by atoms with Crippen LogP contribution in [0.1, 0.15) is 44.2 Å². The summed E-state index contributed by atoms with van der Waals surface area (Å²) in [7, 11) is 0. The molecule has 5 nitrogen and oxygen atoms in total. The van der Waals surface area contributed by atoms with Gasteiger partial charge in [0.25, 0.3) is 5.56 Å². The van der Waals surface area contributed by atoms with Crippen molar-refractivity contribution in [2.75, 3.05) is 5.32 Å². The first kappa shape index (κ1) is 15.6. The second-order valence-electron chi connectivity index (χ2n) is 6.16. The molecule has 2 N–H and O–H groups in total. The highest BCUT2D eigenvalue weighted by Gasteiger charge is 2.36. The molecule has 0 fully saturated rings. The Morgan fingerprint density at radius 1 is 1.17 bits per heavy atom. The predicted octanol–water partition coefficient (Wildman–Crippen LogP) is 2.61. The van der Waals surface area contributed by atoms with Gasteiger partial charge >= 0.3 is 5.69 Å². The van der Waals surface area contributed by atoms with E-state index in [4.69, 9.17) is 0 Å². The minimum absolute atomic E-state index is 0.170. The van der Waals surface area contributed by atoms with Crippen LogP contribution in [0.25, 0.3) is 0 Å². The van der Waals surface area contributed by atoms with Gasteiger partial charge in [0.15, 0.2) is 0 Å². The molecule has 0 bridgehead atoms. The van der Waals surface area contributed by atoms with Crippen molar-refractivity contribution in [1.82, 2.24) is 9.55 Å². The molecule has 0 saturated carbocycles. The summed E-state index contributed by atoms with van der Waals surface area (Å²) in [4.78, 5) is 27.5.